The van der Waals surface area contributed by atoms with Crippen molar-refractivity contribution in [2.24, 2.45) is 5.92 Å². The Morgan fingerprint density at radius 1 is 1.35 bits per heavy atom. The summed E-state index contributed by atoms with van der Waals surface area (Å²) in [6, 6.07) is 6.36. The molecule has 1 N–H and O–H groups in total. The zero-order valence-electron chi connectivity index (χ0n) is 12.3. The zero-order valence-corrected chi connectivity index (χ0v) is 12.3. The Morgan fingerprint density at radius 3 is 2.70 bits per heavy atom. The van der Waals surface area contributed by atoms with Gasteiger partial charge in [0.05, 0.1) is 5.92 Å². The number of rotatable bonds is 9. The van der Waals surface area contributed by atoms with Crippen LogP contribution in [0.15, 0.2) is 24.3 Å². The van der Waals surface area contributed by atoms with E-state index in [1.807, 2.05) is 11.0 Å². The van der Waals surface area contributed by atoms with E-state index < -0.39 is 11.9 Å². The number of carboxylic acid groups (broad SMARTS) is 1. The summed E-state index contributed by atoms with van der Waals surface area (Å²) in [4.78, 5) is 13.0. The minimum atomic E-state index is -0.819. The molecule has 20 heavy (non-hydrogen) atoms. The summed E-state index contributed by atoms with van der Waals surface area (Å²) in [6.07, 6.45) is 4.44. The van der Waals surface area contributed by atoms with Crippen molar-refractivity contribution >= 4 is 11.7 Å². The van der Waals surface area contributed by atoms with Crippen LogP contribution < -0.4 is 4.90 Å². The Labute approximate surface area is 120 Å². The normalized spacial score (nSPS) is 12.2. The van der Waals surface area contributed by atoms with Gasteiger partial charge in [-0.25, -0.2) is 4.39 Å². The second kappa shape index (κ2) is 8.56. The number of anilines is 1. The summed E-state index contributed by atoms with van der Waals surface area (Å²) in [6.45, 7) is 5.00. The maximum Gasteiger partial charge on any atom is 0.308 e. The predicted octanol–water partition coefficient (Wildman–Crippen LogP) is 3.93. The van der Waals surface area contributed by atoms with E-state index in [0.29, 0.717) is 6.54 Å². The quantitative estimate of drug-likeness (QED) is 0.697. The lowest BCUT2D eigenvalue weighted by Crippen LogP contribution is -2.32. The molecule has 1 unspecified atom stereocenters. The molecule has 0 heterocycles. The minimum absolute atomic E-state index is 0.288. The van der Waals surface area contributed by atoms with Crippen molar-refractivity contribution in [2.75, 3.05) is 18.0 Å². The van der Waals surface area contributed by atoms with Crippen molar-refractivity contribution in [1.29, 1.82) is 0 Å². The summed E-state index contributed by atoms with van der Waals surface area (Å²) in [7, 11) is 0. The molecule has 0 saturated carbocycles. The minimum Gasteiger partial charge on any atom is -0.481 e. The molecular formula is C16H24FNO2. The van der Waals surface area contributed by atoms with Gasteiger partial charge in [0, 0.05) is 18.8 Å². The molecule has 0 amide bonds. The van der Waals surface area contributed by atoms with Gasteiger partial charge >= 0.3 is 5.97 Å². The standard InChI is InChI=1S/C16H24FNO2/c1-3-4-5-6-10-18(12-13(2)16(19)20)15-9-7-8-14(17)11-15/h7-9,11,13H,3-6,10,12H2,1-2H3,(H,19,20). The van der Waals surface area contributed by atoms with Gasteiger partial charge in [0.1, 0.15) is 5.82 Å². The number of halogens is 1. The third kappa shape index (κ3) is 5.59. The number of aliphatic carboxylic acids is 1. The summed E-state index contributed by atoms with van der Waals surface area (Å²) < 4.78 is 13.3. The Hall–Kier alpha value is -1.58. The fourth-order valence-corrected chi connectivity index (χ4v) is 2.14. The van der Waals surface area contributed by atoms with Gasteiger partial charge in [0.2, 0.25) is 0 Å². The number of unbranched alkanes of at least 4 members (excludes halogenated alkanes) is 3. The van der Waals surface area contributed by atoms with Crippen LogP contribution in [-0.2, 0) is 4.79 Å². The Kier molecular flexibility index (Phi) is 7.05. The van der Waals surface area contributed by atoms with Crippen molar-refractivity contribution < 1.29 is 14.3 Å². The van der Waals surface area contributed by atoms with E-state index in [1.54, 1.807) is 13.0 Å². The number of hydrogen-bond acceptors (Lipinski definition) is 2. The number of benzene rings is 1. The molecule has 1 aromatic carbocycles. The molecule has 0 aliphatic rings. The molecule has 1 atom stereocenters. The highest BCUT2D eigenvalue weighted by atomic mass is 19.1. The third-order valence-electron chi connectivity index (χ3n) is 3.37. The van der Waals surface area contributed by atoms with Gasteiger partial charge < -0.3 is 10.0 Å². The van der Waals surface area contributed by atoms with Gasteiger partial charge in [0.25, 0.3) is 0 Å². The number of carbonyl (C=O) groups is 1. The smallest absolute Gasteiger partial charge is 0.308 e. The lowest BCUT2D eigenvalue weighted by molar-refractivity contribution is -0.140. The van der Waals surface area contributed by atoms with E-state index in [1.165, 1.54) is 18.6 Å². The van der Waals surface area contributed by atoms with E-state index in [2.05, 4.69) is 6.92 Å². The molecule has 1 aromatic rings. The second-order valence-electron chi connectivity index (χ2n) is 5.23. The highest BCUT2D eigenvalue weighted by molar-refractivity contribution is 5.70. The average Bonchev–Trinajstić information content (AvgIpc) is 2.41. The molecule has 4 heteroatoms. The fraction of sp³-hybridized carbons (Fsp3) is 0.562. The number of carboxylic acids is 1. The Balaban J connectivity index is 2.70. The summed E-state index contributed by atoms with van der Waals surface area (Å²) in [5.41, 5.74) is 0.759. The van der Waals surface area contributed by atoms with Crippen LogP contribution in [0.4, 0.5) is 10.1 Å². The SMILES string of the molecule is CCCCCCN(CC(C)C(=O)O)c1cccc(F)c1. The highest BCUT2D eigenvalue weighted by Crippen LogP contribution is 2.18. The first-order chi connectivity index (χ1) is 9.54. The third-order valence-corrected chi connectivity index (χ3v) is 3.37. The molecule has 3 nitrogen and oxygen atoms in total. The summed E-state index contributed by atoms with van der Waals surface area (Å²) >= 11 is 0. The molecule has 0 aliphatic heterocycles. The largest absolute Gasteiger partial charge is 0.481 e. The van der Waals surface area contributed by atoms with Crippen LogP contribution in [0.5, 0.6) is 0 Å². The lowest BCUT2D eigenvalue weighted by atomic mass is 10.1. The van der Waals surface area contributed by atoms with Gasteiger partial charge in [0.15, 0.2) is 0 Å². The van der Waals surface area contributed by atoms with Crippen LogP contribution in [0.3, 0.4) is 0 Å². The van der Waals surface area contributed by atoms with Crippen molar-refractivity contribution in [3.8, 4) is 0 Å². The summed E-state index contributed by atoms with van der Waals surface area (Å²) in [5, 5.41) is 9.04. The van der Waals surface area contributed by atoms with Gasteiger partial charge in [-0.1, -0.05) is 39.2 Å². The first kappa shape index (κ1) is 16.5. The van der Waals surface area contributed by atoms with Crippen molar-refractivity contribution in [2.45, 2.75) is 39.5 Å². The van der Waals surface area contributed by atoms with E-state index in [-0.39, 0.29) is 5.82 Å². The van der Waals surface area contributed by atoms with Crippen LogP contribution in [0, 0.1) is 11.7 Å². The molecule has 1 rings (SSSR count). The number of nitrogens with zero attached hydrogens (tertiary/aromatic N) is 1. The number of hydrogen-bond donors (Lipinski definition) is 1. The van der Waals surface area contributed by atoms with Crippen LogP contribution in [0.1, 0.15) is 39.5 Å². The lowest BCUT2D eigenvalue weighted by Gasteiger charge is -2.26. The van der Waals surface area contributed by atoms with Gasteiger partial charge in [-0.15, -0.1) is 0 Å². The van der Waals surface area contributed by atoms with Crippen molar-refractivity contribution in [3.63, 3.8) is 0 Å². The molecule has 0 radical (unpaired) electrons. The van der Waals surface area contributed by atoms with Crippen LogP contribution in [0.2, 0.25) is 0 Å². The van der Waals surface area contributed by atoms with Crippen LogP contribution in [-0.4, -0.2) is 24.2 Å². The van der Waals surface area contributed by atoms with Crippen molar-refractivity contribution in [1.82, 2.24) is 0 Å². The molecule has 0 aromatic heterocycles. The topological polar surface area (TPSA) is 40.5 Å². The molecule has 0 fully saturated rings. The van der Waals surface area contributed by atoms with E-state index in [0.717, 1.165) is 31.5 Å². The molecule has 0 aliphatic carbocycles. The maximum absolute atomic E-state index is 13.3. The Morgan fingerprint density at radius 2 is 2.10 bits per heavy atom. The predicted molar refractivity (Wildman–Crippen MR) is 79.6 cm³/mol. The molecule has 0 saturated heterocycles. The van der Waals surface area contributed by atoms with E-state index in [4.69, 9.17) is 5.11 Å². The first-order valence-electron chi connectivity index (χ1n) is 7.28. The first-order valence-corrected chi connectivity index (χ1v) is 7.28. The van der Waals surface area contributed by atoms with Crippen LogP contribution >= 0.6 is 0 Å². The van der Waals surface area contributed by atoms with E-state index >= 15 is 0 Å². The fourth-order valence-electron chi connectivity index (χ4n) is 2.14. The van der Waals surface area contributed by atoms with Crippen molar-refractivity contribution in [3.05, 3.63) is 30.1 Å². The summed E-state index contributed by atoms with van der Waals surface area (Å²) in [5.74, 6) is -1.58. The van der Waals surface area contributed by atoms with Gasteiger partial charge in [-0.3, -0.25) is 4.79 Å². The Bertz CT molecular complexity index is 423. The molecule has 0 spiro atoms. The van der Waals surface area contributed by atoms with E-state index in [9.17, 15) is 9.18 Å². The zero-order chi connectivity index (χ0) is 15.0. The van der Waals surface area contributed by atoms with Crippen LogP contribution in [0.25, 0.3) is 0 Å². The maximum atomic E-state index is 13.3. The average molecular weight is 281 g/mol. The highest BCUT2D eigenvalue weighted by Gasteiger charge is 2.16. The second-order valence-corrected chi connectivity index (χ2v) is 5.23. The molecular weight excluding hydrogens is 257 g/mol. The van der Waals surface area contributed by atoms with Gasteiger partial charge in [-0.2, -0.15) is 0 Å². The van der Waals surface area contributed by atoms with Gasteiger partial charge in [-0.05, 0) is 24.6 Å². The monoisotopic (exact) mass is 281 g/mol. The molecule has 112 valence electrons. The molecule has 0 bridgehead atoms.